The average Bonchev–Trinajstić information content (AvgIpc) is 2.68. The summed E-state index contributed by atoms with van der Waals surface area (Å²) in [6, 6.07) is 11.5. The van der Waals surface area contributed by atoms with Crippen LogP contribution in [0.1, 0.15) is 23.0 Å². The number of amides is 1. The highest BCUT2D eigenvalue weighted by Crippen LogP contribution is 2.23. The van der Waals surface area contributed by atoms with Crippen molar-refractivity contribution >= 4 is 22.4 Å². The van der Waals surface area contributed by atoms with Gasteiger partial charge in [-0.2, -0.15) is 10.2 Å². The summed E-state index contributed by atoms with van der Waals surface area (Å²) in [6.07, 6.45) is 0. The molecule has 0 saturated carbocycles. The molecule has 0 bridgehead atoms. The van der Waals surface area contributed by atoms with Crippen molar-refractivity contribution in [3.05, 3.63) is 64.1 Å². The Labute approximate surface area is 154 Å². The minimum Gasteiger partial charge on any atom is -0.507 e. The van der Waals surface area contributed by atoms with Crippen LogP contribution in [-0.2, 0) is 7.05 Å². The molecule has 1 amide bonds. The predicted octanol–water partition coefficient (Wildman–Crippen LogP) is 1.80. The molecule has 3 aromatic rings. The molecular weight excluding hydrogens is 348 g/mol. The lowest BCUT2D eigenvalue weighted by Crippen LogP contribution is -2.27. The van der Waals surface area contributed by atoms with Crippen LogP contribution in [0, 0.1) is 0 Å². The van der Waals surface area contributed by atoms with E-state index in [1.54, 1.807) is 43.3 Å². The van der Waals surface area contributed by atoms with E-state index in [0.29, 0.717) is 27.8 Å². The fourth-order valence-electron chi connectivity index (χ4n) is 2.66. The zero-order chi connectivity index (χ0) is 19.6. The van der Waals surface area contributed by atoms with Gasteiger partial charge in [0.05, 0.1) is 18.2 Å². The lowest BCUT2D eigenvalue weighted by molar-refractivity contribution is 0.0949. The lowest BCUT2D eigenvalue weighted by atomic mass is 10.1. The Hall–Kier alpha value is -3.68. The third-order valence-corrected chi connectivity index (χ3v) is 4.09. The molecule has 0 unspecified atom stereocenters. The number of aryl methyl sites for hydroxylation is 1. The zero-order valence-electron chi connectivity index (χ0n) is 15.1. The molecule has 2 N–H and O–H groups in total. The van der Waals surface area contributed by atoms with Gasteiger partial charge in [-0.1, -0.05) is 18.2 Å². The number of ether oxygens (including phenoxy) is 1. The predicted molar refractivity (Wildman–Crippen MR) is 101 cm³/mol. The maximum atomic E-state index is 12.6. The summed E-state index contributed by atoms with van der Waals surface area (Å²) in [5, 5.41) is 19.0. The molecule has 8 nitrogen and oxygen atoms in total. The molecule has 0 aliphatic heterocycles. The van der Waals surface area contributed by atoms with E-state index in [1.165, 1.54) is 20.2 Å². The molecule has 0 aliphatic rings. The Morgan fingerprint density at radius 3 is 2.59 bits per heavy atom. The van der Waals surface area contributed by atoms with Gasteiger partial charge < -0.3 is 9.84 Å². The molecule has 1 heterocycles. The van der Waals surface area contributed by atoms with Crippen molar-refractivity contribution in [3.8, 4) is 11.5 Å². The Morgan fingerprint density at radius 1 is 1.22 bits per heavy atom. The number of hydrogen-bond donors (Lipinski definition) is 2. The number of nitrogens with zero attached hydrogens (tertiary/aromatic N) is 3. The maximum absolute atomic E-state index is 12.6. The number of carbonyl (C=O) groups is 1. The number of nitrogens with one attached hydrogen (secondary N) is 1. The number of carbonyl (C=O) groups excluding carboxylic acids is 1. The Morgan fingerprint density at radius 2 is 1.93 bits per heavy atom. The molecule has 0 spiro atoms. The van der Waals surface area contributed by atoms with Gasteiger partial charge in [-0.3, -0.25) is 9.59 Å². The smallest absolute Gasteiger partial charge is 0.292 e. The summed E-state index contributed by atoms with van der Waals surface area (Å²) in [6.45, 7) is 1.65. The molecule has 0 aliphatic carbocycles. The maximum Gasteiger partial charge on any atom is 0.292 e. The summed E-state index contributed by atoms with van der Waals surface area (Å²) < 4.78 is 6.16. The van der Waals surface area contributed by atoms with Crippen LogP contribution >= 0.6 is 0 Å². The van der Waals surface area contributed by atoms with Gasteiger partial charge in [0.2, 0.25) is 0 Å². The van der Waals surface area contributed by atoms with Gasteiger partial charge >= 0.3 is 0 Å². The van der Waals surface area contributed by atoms with E-state index in [4.69, 9.17) is 4.74 Å². The van der Waals surface area contributed by atoms with Crippen molar-refractivity contribution in [1.29, 1.82) is 0 Å². The minimum atomic E-state index is -0.561. The molecule has 0 saturated heterocycles. The molecule has 27 heavy (non-hydrogen) atoms. The van der Waals surface area contributed by atoms with Gasteiger partial charge in [0.25, 0.3) is 11.5 Å². The zero-order valence-corrected chi connectivity index (χ0v) is 15.1. The fourth-order valence-corrected chi connectivity index (χ4v) is 2.66. The molecule has 8 heteroatoms. The number of rotatable bonds is 4. The Bertz CT molecular complexity index is 1120. The van der Waals surface area contributed by atoms with E-state index < -0.39 is 5.91 Å². The minimum absolute atomic E-state index is 0.0180. The highest BCUT2D eigenvalue weighted by Gasteiger charge is 2.15. The van der Waals surface area contributed by atoms with Crippen molar-refractivity contribution in [3.63, 3.8) is 0 Å². The number of aromatic hydroxyl groups is 1. The van der Waals surface area contributed by atoms with Crippen LogP contribution in [0.4, 0.5) is 0 Å². The average molecular weight is 366 g/mol. The molecule has 2 aromatic carbocycles. The molecule has 0 atom stereocenters. The van der Waals surface area contributed by atoms with E-state index in [9.17, 15) is 14.7 Å². The monoisotopic (exact) mass is 366 g/mol. The fraction of sp³-hybridized carbons (Fsp3) is 0.158. The third-order valence-electron chi connectivity index (χ3n) is 4.09. The number of fused-ring (bicyclic) bond motifs is 1. The van der Waals surface area contributed by atoms with Crippen LogP contribution < -0.4 is 15.7 Å². The first-order chi connectivity index (χ1) is 12.9. The summed E-state index contributed by atoms with van der Waals surface area (Å²) in [4.78, 5) is 24.7. The third kappa shape index (κ3) is 3.50. The molecule has 3 rings (SSSR count). The van der Waals surface area contributed by atoms with Crippen LogP contribution in [-0.4, -0.2) is 33.6 Å². The van der Waals surface area contributed by atoms with Crippen molar-refractivity contribution in [2.75, 3.05) is 7.11 Å². The highest BCUT2D eigenvalue weighted by molar-refractivity contribution is 6.06. The number of methoxy groups -OCH3 is 1. The van der Waals surface area contributed by atoms with E-state index in [2.05, 4.69) is 15.6 Å². The van der Waals surface area contributed by atoms with Crippen LogP contribution in [0.2, 0.25) is 0 Å². The number of aromatic nitrogens is 2. The number of hydrazone groups is 1. The van der Waals surface area contributed by atoms with Crippen molar-refractivity contribution < 1.29 is 14.6 Å². The van der Waals surface area contributed by atoms with E-state index >= 15 is 0 Å². The van der Waals surface area contributed by atoms with E-state index in [-0.39, 0.29) is 17.0 Å². The topological polar surface area (TPSA) is 106 Å². The molecule has 0 fully saturated rings. The van der Waals surface area contributed by atoms with E-state index in [1.807, 2.05) is 0 Å². The summed E-state index contributed by atoms with van der Waals surface area (Å²) in [7, 11) is 2.98. The van der Waals surface area contributed by atoms with Gasteiger partial charge in [0.15, 0.2) is 5.69 Å². The summed E-state index contributed by atoms with van der Waals surface area (Å²) in [5.74, 6) is -0.0707. The van der Waals surface area contributed by atoms with Gasteiger partial charge in [-0.05, 0) is 25.1 Å². The Balaban J connectivity index is 1.92. The normalized spacial score (nSPS) is 11.4. The van der Waals surface area contributed by atoms with Crippen LogP contribution in [0.5, 0.6) is 11.5 Å². The first-order valence-electron chi connectivity index (χ1n) is 8.10. The second-order valence-electron chi connectivity index (χ2n) is 5.84. The largest absolute Gasteiger partial charge is 0.507 e. The van der Waals surface area contributed by atoms with Crippen LogP contribution in [0.25, 0.3) is 10.8 Å². The van der Waals surface area contributed by atoms with Crippen molar-refractivity contribution in [2.45, 2.75) is 6.92 Å². The van der Waals surface area contributed by atoms with Gasteiger partial charge in [0.1, 0.15) is 11.5 Å². The quantitative estimate of drug-likeness (QED) is 0.541. The lowest BCUT2D eigenvalue weighted by Gasteiger charge is -2.08. The highest BCUT2D eigenvalue weighted by atomic mass is 16.5. The second kappa shape index (κ2) is 7.28. The number of benzene rings is 2. The molecule has 1 aromatic heterocycles. The first kappa shape index (κ1) is 18.1. The second-order valence-corrected chi connectivity index (χ2v) is 5.84. The van der Waals surface area contributed by atoms with E-state index in [0.717, 1.165) is 4.68 Å². The number of phenolic OH excluding ortho intramolecular Hbond substituents is 1. The van der Waals surface area contributed by atoms with Gasteiger partial charge in [0, 0.05) is 24.1 Å². The Kier molecular flexibility index (Phi) is 4.89. The van der Waals surface area contributed by atoms with Crippen molar-refractivity contribution in [1.82, 2.24) is 15.2 Å². The van der Waals surface area contributed by atoms with Crippen molar-refractivity contribution in [2.24, 2.45) is 12.1 Å². The van der Waals surface area contributed by atoms with Gasteiger partial charge in [-0.15, -0.1) is 0 Å². The summed E-state index contributed by atoms with van der Waals surface area (Å²) in [5.41, 5.74) is 3.07. The molecule has 138 valence electrons. The standard InChI is InChI=1S/C19H18N4O4/c1-11(13-9-8-12(27-3)10-16(13)24)20-21-18(25)17-14-6-4-5-7-15(14)19(26)23(2)22-17/h4-10,24H,1-3H3,(H,21,25)/b20-11+. The first-order valence-corrected chi connectivity index (χ1v) is 8.10. The SMILES string of the molecule is COc1ccc(/C(C)=N/NC(=O)c2nn(C)c(=O)c3ccccc23)c(O)c1. The number of phenols is 1. The molecular formula is C19H18N4O4. The van der Waals surface area contributed by atoms with Gasteiger partial charge in [-0.25, -0.2) is 10.1 Å². The molecule has 0 radical (unpaired) electrons. The summed E-state index contributed by atoms with van der Waals surface area (Å²) >= 11 is 0. The number of hydrogen-bond acceptors (Lipinski definition) is 6. The van der Waals surface area contributed by atoms with Crippen LogP contribution in [0.3, 0.4) is 0 Å². The van der Waals surface area contributed by atoms with Crippen LogP contribution in [0.15, 0.2) is 52.4 Å².